The summed E-state index contributed by atoms with van der Waals surface area (Å²) >= 11 is 0. The van der Waals surface area contributed by atoms with E-state index in [0.29, 0.717) is 5.56 Å². The molecule has 0 aliphatic carbocycles. The molecule has 0 radical (unpaired) electrons. The molecular formula is C14H21FN2O. The van der Waals surface area contributed by atoms with Gasteiger partial charge in [0, 0.05) is 43.9 Å². The van der Waals surface area contributed by atoms with E-state index in [0.717, 1.165) is 32.7 Å². The number of piperazine rings is 1. The molecule has 1 aliphatic heterocycles. The molecule has 0 spiro atoms. The normalized spacial score (nSPS) is 19.9. The average molecular weight is 252 g/mol. The Morgan fingerprint density at radius 2 is 1.94 bits per heavy atom. The third kappa shape index (κ3) is 2.82. The van der Waals surface area contributed by atoms with Gasteiger partial charge < -0.3 is 10.0 Å². The average Bonchev–Trinajstić information content (AvgIpc) is 2.38. The van der Waals surface area contributed by atoms with Gasteiger partial charge in [0.15, 0.2) is 0 Å². The van der Waals surface area contributed by atoms with E-state index < -0.39 is 0 Å². The lowest BCUT2D eigenvalue weighted by Gasteiger charge is -2.37. The maximum absolute atomic E-state index is 13.8. The summed E-state index contributed by atoms with van der Waals surface area (Å²) in [7, 11) is 0. The van der Waals surface area contributed by atoms with E-state index in [4.69, 9.17) is 0 Å². The summed E-state index contributed by atoms with van der Waals surface area (Å²) in [6.07, 6.45) is 0. The Morgan fingerprint density at radius 1 is 1.28 bits per heavy atom. The van der Waals surface area contributed by atoms with E-state index in [2.05, 4.69) is 16.7 Å². The Kier molecular flexibility index (Phi) is 4.19. The van der Waals surface area contributed by atoms with Gasteiger partial charge in [-0.2, -0.15) is 0 Å². The molecule has 1 unspecified atom stereocenters. The summed E-state index contributed by atoms with van der Waals surface area (Å²) in [5, 5.41) is 9.24. The number of hydrogen-bond donors (Lipinski definition) is 1. The predicted molar refractivity (Wildman–Crippen MR) is 70.2 cm³/mol. The molecule has 1 N–H and O–H groups in total. The van der Waals surface area contributed by atoms with Gasteiger partial charge in [-0.3, -0.25) is 4.90 Å². The predicted octanol–water partition coefficient (Wildman–Crippen LogP) is 2.23. The van der Waals surface area contributed by atoms with Crippen molar-refractivity contribution in [3.05, 3.63) is 29.6 Å². The largest absolute Gasteiger partial charge is 0.508 e. The topological polar surface area (TPSA) is 26.7 Å². The van der Waals surface area contributed by atoms with Crippen LogP contribution in [-0.4, -0.2) is 47.6 Å². The molecule has 1 fully saturated rings. The SMILES string of the molecule is CCN1CCN(C(C)c2ccc(O)cc2F)CC1. The maximum Gasteiger partial charge on any atom is 0.131 e. The van der Waals surface area contributed by atoms with E-state index in [9.17, 15) is 9.50 Å². The monoisotopic (exact) mass is 252 g/mol. The van der Waals surface area contributed by atoms with Crippen LogP contribution in [-0.2, 0) is 0 Å². The summed E-state index contributed by atoms with van der Waals surface area (Å²) in [5.41, 5.74) is 0.665. The van der Waals surface area contributed by atoms with Gasteiger partial charge >= 0.3 is 0 Å². The molecule has 0 bridgehead atoms. The van der Waals surface area contributed by atoms with Crippen molar-refractivity contribution in [3.8, 4) is 5.75 Å². The molecule has 1 aliphatic rings. The molecule has 1 atom stereocenters. The van der Waals surface area contributed by atoms with E-state index >= 15 is 0 Å². The molecular weight excluding hydrogens is 231 g/mol. The summed E-state index contributed by atoms with van der Waals surface area (Å²) in [4.78, 5) is 4.69. The second-order valence-electron chi connectivity index (χ2n) is 4.85. The van der Waals surface area contributed by atoms with E-state index in [1.807, 2.05) is 6.92 Å². The van der Waals surface area contributed by atoms with Crippen LogP contribution in [0, 0.1) is 5.82 Å². The van der Waals surface area contributed by atoms with Crippen molar-refractivity contribution >= 4 is 0 Å². The van der Waals surface area contributed by atoms with Crippen molar-refractivity contribution in [1.29, 1.82) is 0 Å². The van der Waals surface area contributed by atoms with Crippen LogP contribution in [0.4, 0.5) is 4.39 Å². The van der Waals surface area contributed by atoms with Crippen molar-refractivity contribution in [1.82, 2.24) is 9.80 Å². The van der Waals surface area contributed by atoms with Crippen LogP contribution in [0.2, 0.25) is 0 Å². The highest BCUT2D eigenvalue weighted by atomic mass is 19.1. The number of halogens is 1. The molecule has 1 aromatic rings. The van der Waals surface area contributed by atoms with Gasteiger partial charge in [-0.25, -0.2) is 4.39 Å². The number of phenols is 1. The zero-order valence-electron chi connectivity index (χ0n) is 11.1. The number of nitrogens with zero attached hydrogens (tertiary/aromatic N) is 2. The number of aromatic hydroxyl groups is 1. The Balaban J connectivity index is 2.05. The molecule has 1 aromatic carbocycles. The first-order chi connectivity index (χ1) is 8.61. The fourth-order valence-corrected chi connectivity index (χ4v) is 2.52. The van der Waals surface area contributed by atoms with Crippen LogP contribution in [0.1, 0.15) is 25.5 Å². The lowest BCUT2D eigenvalue weighted by Crippen LogP contribution is -2.46. The fourth-order valence-electron chi connectivity index (χ4n) is 2.52. The number of phenolic OH excluding ortho intramolecular Hbond substituents is 1. The second kappa shape index (κ2) is 5.67. The summed E-state index contributed by atoms with van der Waals surface area (Å²) in [6.45, 7) is 9.29. The minimum absolute atomic E-state index is 0.0146. The number of hydrogen-bond acceptors (Lipinski definition) is 3. The first-order valence-corrected chi connectivity index (χ1v) is 6.56. The van der Waals surface area contributed by atoms with Crippen molar-refractivity contribution in [3.63, 3.8) is 0 Å². The molecule has 2 rings (SSSR count). The minimum Gasteiger partial charge on any atom is -0.508 e. The molecule has 1 saturated heterocycles. The van der Waals surface area contributed by atoms with Gasteiger partial charge in [-0.15, -0.1) is 0 Å². The van der Waals surface area contributed by atoms with Crippen LogP contribution >= 0.6 is 0 Å². The Morgan fingerprint density at radius 3 is 2.50 bits per heavy atom. The van der Waals surface area contributed by atoms with E-state index in [-0.39, 0.29) is 17.6 Å². The van der Waals surface area contributed by atoms with Crippen LogP contribution in [0.15, 0.2) is 18.2 Å². The highest BCUT2D eigenvalue weighted by molar-refractivity contribution is 5.29. The van der Waals surface area contributed by atoms with E-state index in [1.165, 1.54) is 6.07 Å². The summed E-state index contributed by atoms with van der Waals surface area (Å²) in [6, 6.07) is 4.48. The van der Waals surface area contributed by atoms with Gasteiger partial charge in [0.25, 0.3) is 0 Å². The van der Waals surface area contributed by atoms with Gasteiger partial charge in [0.2, 0.25) is 0 Å². The standard InChI is InChI=1S/C14H21FN2O/c1-3-16-6-8-17(9-7-16)11(2)13-5-4-12(18)10-14(13)15/h4-5,10-11,18H,3,6-9H2,1-2H3. The Hall–Kier alpha value is -1.13. The highest BCUT2D eigenvalue weighted by Crippen LogP contribution is 2.26. The fraction of sp³-hybridized carbons (Fsp3) is 0.571. The van der Waals surface area contributed by atoms with Gasteiger partial charge in [-0.1, -0.05) is 13.0 Å². The van der Waals surface area contributed by atoms with Crippen LogP contribution in [0.25, 0.3) is 0 Å². The Bertz CT molecular complexity index is 403. The molecule has 0 aromatic heterocycles. The maximum atomic E-state index is 13.8. The third-order valence-electron chi connectivity index (χ3n) is 3.84. The zero-order valence-corrected chi connectivity index (χ0v) is 11.1. The number of rotatable bonds is 3. The van der Waals surface area contributed by atoms with Crippen LogP contribution < -0.4 is 0 Å². The third-order valence-corrected chi connectivity index (χ3v) is 3.84. The molecule has 18 heavy (non-hydrogen) atoms. The summed E-state index contributed by atoms with van der Waals surface area (Å²) < 4.78 is 13.8. The van der Waals surface area contributed by atoms with Crippen LogP contribution in [0.5, 0.6) is 5.75 Å². The van der Waals surface area contributed by atoms with E-state index in [1.54, 1.807) is 12.1 Å². The van der Waals surface area contributed by atoms with Gasteiger partial charge in [0.05, 0.1) is 0 Å². The van der Waals surface area contributed by atoms with Crippen molar-refractivity contribution in [2.24, 2.45) is 0 Å². The van der Waals surface area contributed by atoms with Crippen LogP contribution in [0.3, 0.4) is 0 Å². The zero-order chi connectivity index (χ0) is 13.1. The lowest BCUT2D eigenvalue weighted by atomic mass is 10.1. The molecule has 0 amide bonds. The molecule has 3 nitrogen and oxygen atoms in total. The van der Waals surface area contributed by atoms with Crippen molar-refractivity contribution in [2.45, 2.75) is 19.9 Å². The minimum atomic E-state index is -0.319. The Labute approximate surface area is 108 Å². The van der Waals surface area contributed by atoms with Crippen molar-refractivity contribution in [2.75, 3.05) is 32.7 Å². The van der Waals surface area contributed by atoms with Gasteiger partial charge in [-0.05, 0) is 19.5 Å². The second-order valence-corrected chi connectivity index (χ2v) is 4.85. The van der Waals surface area contributed by atoms with Crippen molar-refractivity contribution < 1.29 is 9.50 Å². The first kappa shape index (κ1) is 13.3. The quantitative estimate of drug-likeness (QED) is 0.893. The molecule has 4 heteroatoms. The summed E-state index contributed by atoms with van der Waals surface area (Å²) in [5.74, 6) is -0.334. The first-order valence-electron chi connectivity index (χ1n) is 6.56. The smallest absolute Gasteiger partial charge is 0.131 e. The number of likely N-dealkylation sites (N-methyl/N-ethyl adjacent to an activating group) is 1. The molecule has 100 valence electrons. The molecule has 0 saturated carbocycles. The molecule has 1 heterocycles. The lowest BCUT2D eigenvalue weighted by molar-refractivity contribution is 0.104. The number of benzene rings is 1. The van der Waals surface area contributed by atoms with Gasteiger partial charge in [0.1, 0.15) is 11.6 Å². The highest BCUT2D eigenvalue weighted by Gasteiger charge is 2.23.